The number of amides is 1. The predicted molar refractivity (Wildman–Crippen MR) is 104 cm³/mol. The molecule has 2 heterocycles. The number of aromatic nitrogens is 2. The van der Waals surface area contributed by atoms with E-state index in [1.165, 1.54) is 36.9 Å². The summed E-state index contributed by atoms with van der Waals surface area (Å²) >= 11 is 0. The molecule has 0 unspecified atom stereocenters. The fraction of sp³-hybridized carbons (Fsp3) is 0.238. The monoisotopic (exact) mass is 364 g/mol. The van der Waals surface area contributed by atoms with Crippen molar-refractivity contribution in [3.8, 4) is 5.69 Å². The van der Waals surface area contributed by atoms with Crippen molar-refractivity contribution in [3.05, 3.63) is 72.1 Å². The van der Waals surface area contributed by atoms with Gasteiger partial charge >= 0.3 is 0 Å². The maximum atomic E-state index is 13.2. The van der Waals surface area contributed by atoms with Crippen LogP contribution in [0.1, 0.15) is 28.9 Å². The molecule has 1 aliphatic heterocycles. The molecule has 0 atom stereocenters. The van der Waals surface area contributed by atoms with Crippen molar-refractivity contribution in [2.75, 3.05) is 23.3 Å². The lowest BCUT2D eigenvalue weighted by atomic mass is 10.1. The molecule has 138 valence electrons. The number of nitrogens with one attached hydrogen (secondary N) is 1. The van der Waals surface area contributed by atoms with Gasteiger partial charge in [0.2, 0.25) is 0 Å². The van der Waals surface area contributed by atoms with Crippen molar-refractivity contribution >= 4 is 17.3 Å². The summed E-state index contributed by atoms with van der Waals surface area (Å²) in [6.07, 6.45) is 5.51. The molecule has 6 heteroatoms. The second kappa shape index (κ2) is 7.23. The van der Waals surface area contributed by atoms with E-state index in [0.29, 0.717) is 11.4 Å². The van der Waals surface area contributed by atoms with E-state index in [1.54, 1.807) is 23.0 Å². The van der Waals surface area contributed by atoms with Crippen LogP contribution in [0.2, 0.25) is 0 Å². The van der Waals surface area contributed by atoms with Gasteiger partial charge in [-0.3, -0.25) is 9.36 Å². The second-order valence-corrected chi connectivity index (χ2v) is 6.77. The maximum absolute atomic E-state index is 13.2. The van der Waals surface area contributed by atoms with E-state index in [4.69, 9.17) is 0 Å². The number of rotatable bonds is 4. The molecule has 1 aliphatic rings. The molecule has 27 heavy (non-hydrogen) atoms. The normalized spacial score (nSPS) is 13.8. The zero-order valence-corrected chi connectivity index (χ0v) is 15.2. The van der Waals surface area contributed by atoms with Gasteiger partial charge in [-0.15, -0.1) is 0 Å². The van der Waals surface area contributed by atoms with Gasteiger partial charge in [0.25, 0.3) is 5.91 Å². The molecular formula is C21H21FN4O. The number of halogens is 1. The van der Waals surface area contributed by atoms with Gasteiger partial charge in [0.15, 0.2) is 0 Å². The molecule has 5 nitrogen and oxygen atoms in total. The van der Waals surface area contributed by atoms with Crippen LogP contribution < -0.4 is 10.2 Å². The summed E-state index contributed by atoms with van der Waals surface area (Å²) in [5.74, 6) is -0.576. The molecule has 3 aromatic rings. The molecule has 1 N–H and O–H groups in total. The highest BCUT2D eigenvalue weighted by Crippen LogP contribution is 2.26. The van der Waals surface area contributed by atoms with Crippen LogP contribution in [0, 0.1) is 12.7 Å². The van der Waals surface area contributed by atoms with Crippen molar-refractivity contribution in [2.45, 2.75) is 19.8 Å². The van der Waals surface area contributed by atoms with Crippen LogP contribution in [-0.2, 0) is 0 Å². The Morgan fingerprint density at radius 2 is 1.78 bits per heavy atom. The standard InChI is InChI=1S/C21H21FN4O/c1-15-12-18(25-10-2-3-11-25)8-9-19(15)24-21(27)20-13-23-14-26(20)17-6-4-16(22)5-7-17/h4-9,12-14H,2-3,10-11H2,1H3,(H,24,27). The first kappa shape index (κ1) is 17.3. The molecule has 0 spiro atoms. The Labute approximate surface area is 157 Å². The smallest absolute Gasteiger partial charge is 0.274 e. The number of anilines is 2. The molecule has 0 aliphatic carbocycles. The SMILES string of the molecule is Cc1cc(N2CCCC2)ccc1NC(=O)c1cncn1-c1ccc(F)cc1. The van der Waals surface area contributed by atoms with Crippen molar-refractivity contribution in [2.24, 2.45) is 0 Å². The van der Waals surface area contributed by atoms with Crippen molar-refractivity contribution in [3.63, 3.8) is 0 Å². The number of nitrogens with zero attached hydrogens (tertiary/aromatic N) is 3. The number of aryl methyl sites for hydroxylation is 1. The number of carbonyl (C=O) groups excluding carboxylic acids is 1. The van der Waals surface area contributed by atoms with Gasteiger partial charge in [0.1, 0.15) is 11.5 Å². The molecule has 1 saturated heterocycles. The van der Waals surface area contributed by atoms with E-state index in [1.807, 2.05) is 19.1 Å². The summed E-state index contributed by atoms with van der Waals surface area (Å²) in [5, 5.41) is 2.96. The van der Waals surface area contributed by atoms with E-state index in [-0.39, 0.29) is 11.7 Å². The van der Waals surface area contributed by atoms with E-state index in [0.717, 1.165) is 24.3 Å². The van der Waals surface area contributed by atoms with Gasteiger partial charge in [-0.2, -0.15) is 0 Å². The number of hydrogen-bond acceptors (Lipinski definition) is 3. The Morgan fingerprint density at radius 1 is 1.07 bits per heavy atom. The number of carbonyl (C=O) groups is 1. The Morgan fingerprint density at radius 3 is 2.48 bits per heavy atom. The van der Waals surface area contributed by atoms with E-state index < -0.39 is 0 Å². The molecule has 1 aromatic heterocycles. The summed E-state index contributed by atoms with van der Waals surface area (Å²) in [4.78, 5) is 19.2. The topological polar surface area (TPSA) is 50.2 Å². The summed E-state index contributed by atoms with van der Waals surface area (Å²) < 4.78 is 14.8. The minimum atomic E-state index is -0.321. The molecule has 1 amide bonds. The second-order valence-electron chi connectivity index (χ2n) is 6.77. The van der Waals surface area contributed by atoms with Crippen molar-refractivity contribution < 1.29 is 9.18 Å². The summed E-state index contributed by atoms with van der Waals surface area (Å²) in [6, 6.07) is 12.0. The quantitative estimate of drug-likeness (QED) is 0.756. The lowest BCUT2D eigenvalue weighted by Gasteiger charge is -2.19. The predicted octanol–water partition coefficient (Wildman–Crippen LogP) is 4.17. The van der Waals surface area contributed by atoms with Crippen LogP contribution in [0.15, 0.2) is 55.0 Å². The van der Waals surface area contributed by atoms with Crippen LogP contribution in [0.25, 0.3) is 5.69 Å². The lowest BCUT2D eigenvalue weighted by molar-refractivity contribution is 0.102. The summed E-state index contributed by atoms with van der Waals surface area (Å²) in [6.45, 7) is 4.16. The van der Waals surface area contributed by atoms with Gasteiger partial charge < -0.3 is 10.2 Å². The third-order valence-electron chi connectivity index (χ3n) is 4.91. The fourth-order valence-corrected chi connectivity index (χ4v) is 3.42. The zero-order chi connectivity index (χ0) is 18.8. The van der Waals surface area contributed by atoms with Crippen LogP contribution in [0.5, 0.6) is 0 Å². The van der Waals surface area contributed by atoms with Crippen molar-refractivity contribution in [1.82, 2.24) is 9.55 Å². The van der Waals surface area contributed by atoms with Crippen LogP contribution in [0.4, 0.5) is 15.8 Å². The highest BCUT2D eigenvalue weighted by molar-refractivity contribution is 6.03. The van der Waals surface area contributed by atoms with E-state index >= 15 is 0 Å². The third-order valence-corrected chi connectivity index (χ3v) is 4.91. The van der Waals surface area contributed by atoms with Gasteiger partial charge in [0, 0.05) is 30.2 Å². The first-order valence-electron chi connectivity index (χ1n) is 9.07. The molecule has 0 bridgehead atoms. The molecular weight excluding hydrogens is 343 g/mol. The Hall–Kier alpha value is -3.15. The molecule has 4 rings (SSSR count). The molecule has 2 aromatic carbocycles. The van der Waals surface area contributed by atoms with Gasteiger partial charge in [-0.05, 0) is 67.8 Å². The first-order valence-corrected chi connectivity index (χ1v) is 9.07. The minimum absolute atomic E-state index is 0.256. The Bertz CT molecular complexity index is 959. The highest BCUT2D eigenvalue weighted by atomic mass is 19.1. The van der Waals surface area contributed by atoms with Gasteiger partial charge in [-0.1, -0.05) is 0 Å². The minimum Gasteiger partial charge on any atom is -0.372 e. The molecule has 0 radical (unpaired) electrons. The van der Waals surface area contributed by atoms with Gasteiger partial charge in [-0.25, -0.2) is 9.37 Å². The maximum Gasteiger partial charge on any atom is 0.274 e. The lowest BCUT2D eigenvalue weighted by Crippen LogP contribution is -2.19. The zero-order valence-electron chi connectivity index (χ0n) is 15.2. The Kier molecular flexibility index (Phi) is 4.62. The number of hydrogen-bond donors (Lipinski definition) is 1. The fourth-order valence-electron chi connectivity index (χ4n) is 3.42. The van der Waals surface area contributed by atoms with Crippen LogP contribution >= 0.6 is 0 Å². The highest BCUT2D eigenvalue weighted by Gasteiger charge is 2.16. The van der Waals surface area contributed by atoms with Gasteiger partial charge in [0.05, 0.1) is 12.5 Å². The van der Waals surface area contributed by atoms with E-state index in [2.05, 4.69) is 21.3 Å². The molecule has 1 fully saturated rings. The average molecular weight is 364 g/mol. The van der Waals surface area contributed by atoms with Crippen LogP contribution in [-0.4, -0.2) is 28.5 Å². The van der Waals surface area contributed by atoms with Crippen molar-refractivity contribution in [1.29, 1.82) is 0 Å². The Balaban J connectivity index is 1.55. The van der Waals surface area contributed by atoms with E-state index in [9.17, 15) is 9.18 Å². The molecule has 0 saturated carbocycles. The number of imidazole rings is 1. The summed E-state index contributed by atoms with van der Waals surface area (Å²) in [7, 11) is 0. The number of benzene rings is 2. The summed E-state index contributed by atoms with van der Waals surface area (Å²) in [5.41, 5.74) is 4.06. The third kappa shape index (κ3) is 3.56. The first-order chi connectivity index (χ1) is 13.1. The average Bonchev–Trinajstić information content (AvgIpc) is 3.36. The largest absolute Gasteiger partial charge is 0.372 e. The van der Waals surface area contributed by atoms with Crippen LogP contribution in [0.3, 0.4) is 0 Å².